The molecule has 0 amide bonds. The highest BCUT2D eigenvalue weighted by atomic mass is 32.2. The van der Waals surface area contributed by atoms with Gasteiger partial charge in [-0.15, -0.1) is 0 Å². The monoisotopic (exact) mass is 249 g/mol. The Balaban J connectivity index is 2.62. The molecule has 0 aromatic heterocycles. The number of ketones is 1. The van der Waals surface area contributed by atoms with Gasteiger partial charge in [-0.05, 0) is 12.8 Å². The van der Waals surface area contributed by atoms with Crippen molar-refractivity contribution in [1.82, 2.24) is 0 Å². The second-order valence-corrected chi connectivity index (χ2v) is 6.66. The van der Waals surface area contributed by atoms with E-state index >= 15 is 0 Å². The van der Waals surface area contributed by atoms with Crippen LogP contribution in [0.3, 0.4) is 0 Å². The molecule has 5 nitrogen and oxygen atoms in total. The van der Waals surface area contributed by atoms with E-state index in [9.17, 15) is 13.2 Å². The average Bonchev–Trinajstić information content (AvgIpc) is 2.25. The van der Waals surface area contributed by atoms with Gasteiger partial charge in [0.15, 0.2) is 0 Å². The lowest BCUT2D eigenvalue weighted by molar-refractivity contribution is -0.133. The summed E-state index contributed by atoms with van der Waals surface area (Å²) < 4.78 is 27.2. The molecule has 1 fully saturated rings. The van der Waals surface area contributed by atoms with E-state index in [1.54, 1.807) is 0 Å². The molecule has 1 saturated heterocycles. The Kier molecular flexibility index (Phi) is 4.46. The zero-order valence-electron chi connectivity index (χ0n) is 9.57. The van der Waals surface area contributed by atoms with Gasteiger partial charge < -0.3 is 10.5 Å². The van der Waals surface area contributed by atoms with Gasteiger partial charge in [-0.1, -0.05) is 0 Å². The molecule has 1 aliphatic heterocycles. The van der Waals surface area contributed by atoms with Crippen molar-refractivity contribution in [2.24, 2.45) is 11.1 Å². The lowest BCUT2D eigenvalue weighted by atomic mass is 9.75. The molecule has 0 spiro atoms. The van der Waals surface area contributed by atoms with Crippen LogP contribution in [0.2, 0.25) is 0 Å². The average molecular weight is 249 g/mol. The third kappa shape index (κ3) is 3.54. The van der Waals surface area contributed by atoms with Gasteiger partial charge in [0.25, 0.3) is 0 Å². The topological polar surface area (TPSA) is 86.5 Å². The van der Waals surface area contributed by atoms with Crippen LogP contribution in [0.4, 0.5) is 0 Å². The standard InChI is InChI=1S/C10H19NO4S/c1-16(13,14)7-2-9(12)10(8-11)3-5-15-6-4-10/h2-8,11H2,1H3. The molecule has 0 aromatic rings. The fourth-order valence-electron chi connectivity index (χ4n) is 1.90. The summed E-state index contributed by atoms with van der Waals surface area (Å²) in [5, 5.41) is 0. The Bertz CT molecular complexity index is 344. The highest BCUT2D eigenvalue weighted by molar-refractivity contribution is 7.90. The normalized spacial score (nSPS) is 20.6. The van der Waals surface area contributed by atoms with Crippen molar-refractivity contribution in [1.29, 1.82) is 0 Å². The minimum Gasteiger partial charge on any atom is -0.381 e. The van der Waals surface area contributed by atoms with E-state index in [0.29, 0.717) is 26.1 Å². The van der Waals surface area contributed by atoms with Gasteiger partial charge in [-0.25, -0.2) is 8.42 Å². The Hall–Kier alpha value is -0.460. The van der Waals surface area contributed by atoms with Crippen molar-refractivity contribution in [3.05, 3.63) is 0 Å². The third-order valence-electron chi connectivity index (χ3n) is 3.13. The highest BCUT2D eigenvalue weighted by Gasteiger charge is 2.38. The first-order valence-electron chi connectivity index (χ1n) is 5.38. The Labute approximate surface area is 96.3 Å². The first-order valence-corrected chi connectivity index (χ1v) is 7.44. The maximum absolute atomic E-state index is 12.0. The van der Waals surface area contributed by atoms with E-state index in [1.165, 1.54) is 0 Å². The Morgan fingerprint density at radius 3 is 2.38 bits per heavy atom. The largest absolute Gasteiger partial charge is 0.381 e. The van der Waals surface area contributed by atoms with Gasteiger partial charge in [-0.2, -0.15) is 0 Å². The summed E-state index contributed by atoms with van der Waals surface area (Å²) >= 11 is 0. The molecule has 1 rings (SSSR count). The second kappa shape index (κ2) is 5.25. The predicted octanol–water partition coefficient (Wildman–Crippen LogP) is -0.254. The summed E-state index contributed by atoms with van der Waals surface area (Å²) in [6, 6.07) is 0. The predicted molar refractivity (Wildman–Crippen MR) is 60.9 cm³/mol. The lowest BCUT2D eigenvalue weighted by Crippen LogP contribution is -2.43. The molecule has 0 atom stereocenters. The number of hydrogen-bond acceptors (Lipinski definition) is 5. The smallest absolute Gasteiger partial charge is 0.147 e. The fourth-order valence-corrected chi connectivity index (χ4v) is 2.46. The summed E-state index contributed by atoms with van der Waals surface area (Å²) in [6.45, 7) is 1.34. The van der Waals surface area contributed by atoms with Crippen LogP contribution >= 0.6 is 0 Å². The first-order chi connectivity index (χ1) is 7.40. The fraction of sp³-hybridized carbons (Fsp3) is 0.900. The molecule has 0 aliphatic carbocycles. The van der Waals surface area contributed by atoms with E-state index < -0.39 is 15.3 Å². The number of carbonyl (C=O) groups is 1. The summed E-state index contributed by atoms with van der Waals surface area (Å²) in [5.41, 5.74) is 5.10. The van der Waals surface area contributed by atoms with Crippen LogP contribution in [0.1, 0.15) is 19.3 Å². The van der Waals surface area contributed by atoms with Crippen LogP contribution in [0.15, 0.2) is 0 Å². The van der Waals surface area contributed by atoms with E-state index in [0.717, 1.165) is 6.26 Å². The number of ether oxygens (including phenoxy) is 1. The number of nitrogens with two attached hydrogens (primary N) is 1. The molecule has 94 valence electrons. The van der Waals surface area contributed by atoms with Crippen LogP contribution in [0, 0.1) is 5.41 Å². The van der Waals surface area contributed by atoms with Crippen molar-refractivity contribution in [3.8, 4) is 0 Å². The van der Waals surface area contributed by atoms with Gasteiger partial charge in [0.05, 0.1) is 5.75 Å². The van der Waals surface area contributed by atoms with Gasteiger partial charge in [-0.3, -0.25) is 4.79 Å². The number of Topliss-reactive ketones (excluding diaryl/α,β-unsaturated/α-hetero) is 1. The van der Waals surface area contributed by atoms with Crippen molar-refractivity contribution in [2.75, 3.05) is 31.8 Å². The quantitative estimate of drug-likeness (QED) is 0.726. The number of sulfone groups is 1. The van der Waals surface area contributed by atoms with E-state index in [4.69, 9.17) is 10.5 Å². The molecule has 6 heteroatoms. The molecule has 16 heavy (non-hydrogen) atoms. The van der Waals surface area contributed by atoms with Crippen LogP contribution in [-0.4, -0.2) is 46.0 Å². The molecular weight excluding hydrogens is 230 g/mol. The summed E-state index contributed by atoms with van der Waals surface area (Å²) in [6.07, 6.45) is 2.41. The van der Waals surface area contributed by atoms with Gasteiger partial charge in [0.2, 0.25) is 0 Å². The van der Waals surface area contributed by atoms with Crippen LogP contribution in [0.5, 0.6) is 0 Å². The first kappa shape index (κ1) is 13.6. The third-order valence-corrected chi connectivity index (χ3v) is 4.08. The number of carbonyl (C=O) groups excluding carboxylic acids is 1. The summed E-state index contributed by atoms with van der Waals surface area (Å²) in [5.74, 6) is -0.127. The summed E-state index contributed by atoms with van der Waals surface area (Å²) in [7, 11) is -3.09. The molecule has 0 radical (unpaired) electrons. The van der Waals surface area contributed by atoms with Gasteiger partial charge in [0, 0.05) is 37.9 Å². The molecule has 1 heterocycles. The Morgan fingerprint density at radius 1 is 1.38 bits per heavy atom. The molecule has 0 unspecified atom stereocenters. The summed E-state index contributed by atoms with van der Waals surface area (Å²) in [4.78, 5) is 12.0. The second-order valence-electron chi connectivity index (χ2n) is 4.40. The zero-order chi connectivity index (χ0) is 12.2. The molecule has 2 N–H and O–H groups in total. The highest BCUT2D eigenvalue weighted by Crippen LogP contribution is 2.31. The zero-order valence-corrected chi connectivity index (χ0v) is 10.4. The molecule has 0 bridgehead atoms. The lowest BCUT2D eigenvalue weighted by Gasteiger charge is -2.34. The van der Waals surface area contributed by atoms with E-state index in [-0.39, 0.29) is 24.5 Å². The minimum atomic E-state index is -3.09. The van der Waals surface area contributed by atoms with E-state index in [1.807, 2.05) is 0 Å². The SMILES string of the molecule is CS(=O)(=O)CCC(=O)C1(CN)CCOCC1. The molecule has 0 saturated carbocycles. The van der Waals surface area contributed by atoms with E-state index in [2.05, 4.69) is 0 Å². The molecular formula is C10H19NO4S. The maximum Gasteiger partial charge on any atom is 0.147 e. The maximum atomic E-state index is 12.0. The van der Waals surface area contributed by atoms with Crippen molar-refractivity contribution in [3.63, 3.8) is 0 Å². The minimum absolute atomic E-state index is 0.0382. The van der Waals surface area contributed by atoms with Crippen molar-refractivity contribution < 1.29 is 17.9 Å². The Morgan fingerprint density at radius 2 is 1.94 bits per heavy atom. The number of rotatable bonds is 5. The van der Waals surface area contributed by atoms with Crippen molar-refractivity contribution >= 4 is 15.6 Å². The molecule has 0 aromatic carbocycles. The van der Waals surface area contributed by atoms with Gasteiger partial charge in [0.1, 0.15) is 15.6 Å². The van der Waals surface area contributed by atoms with Crippen LogP contribution in [0.25, 0.3) is 0 Å². The van der Waals surface area contributed by atoms with Crippen LogP contribution in [-0.2, 0) is 19.4 Å². The number of hydrogen-bond donors (Lipinski definition) is 1. The van der Waals surface area contributed by atoms with Gasteiger partial charge >= 0.3 is 0 Å². The van der Waals surface area contributed by atoms with Crippen molar-refractivity contribution in [2.45, 2.75) is 19.3 Å². The molecule has 1 aliphatic rings. The van der Waals surface area contributed by atoms with Crippen LogP contribution < -0.4 is 5.73 Å².